The second-order valence-corrected chi connectivity index (χ2v) is 9.73. The normalized spacial score (nSPS) is 15.4. The van der Waals surface area contributed by atoms with E-state index in [0.29, 0.717) is 6.54 Å². The first-order valence-electron chi connectivity index (χ1n) is 11.8. The molecule has 2 aromatic heterocycles. The molecule has 4 rings (SSSR count). The van der Waals surface area contributed by atoms with Crippen LogP contribution in [0.3, 0.4) is 0 Å². The average Bonchev–Trinajstić information content (AvgIpc) is 3.66. The van der Waals surface area contributed by atoms with Crippen molar-refractivity contribution < 1.29 is 14.3 Å². The van der Waals surface area contributed by atoms with Crippen LogP contribution in [0.1, 0.15) is 49.0 Å². The Kier molecular flexibility index (Phi) is 8.10. The Morgan fingerprint density at radius 2 is 1.97 bits per heavy atom. The van der Waals surface area contributed by atoms with Gasteiger partial charge >= 0.3 is 6.09 Å². The molecule has 2 unspecified atom stereocenters. The second kappa shape index (κ2) is 11.6. The van der Waals surface area contributed by atoms with Gasteiger partial charge in [0.05, 0.1) is 29.9 Å². The molecule has 8 heteroatoms. The van der Waals surface area contributed by atoms with Crippen molar-refractivity contribution in [3.63, 3.8) is 0 Å². The van der Waals surface area contributed by atoms with Crippen molar-refractivity contribution in [3.05, 3.63) is 64.2 Å². The van der Waals surface area contributed by atoms with Crippen LogP contribution in [-0.4, -0.2) is 46.6 Å². The minimum absolute atomic E-state index is 0.0756. The van der Waals surface area contributed by atoms with E-state index in [2.05, 4.69) is 39.0 Å². The molecule has 1 aromatic carbocycles. The molecule has 1 aliphatic rings. The zero-order valence-electron chi connectivity index (χ0n) is 20.5. The Hall–Kier alpha value is -4.01. The van der Waals surface area contributed by atoms with Crippen LogP contribution in [0.25, 0.3) is 11.3 Å². The largest absolute Gasteiger partial charge is 0.453 e. The molecular weight excluding hydrogens is 472 g/mol. The van der Waals surface area contributed by atoms with Crippen molar-refractivity contribution in [1.82, 2.24) is 20.2 Å². The van der Waals surface area contributed by atoms with Crippen LogP contribution in [0.5, 0.6) is 0 Å². The van der Waals surface area contributed by atoms with Gasteiger partial charge in [-0.1, -0.05) is 38.0 Å². The van der Waals surface area contributed by atoms with Gasteiger partial charge < -0.3 is 19.9 Å². The predicted octanol–water partition coefficient (Wildman–Crippen LogP) is 4.59. The summed E-state index contributed by atoms with van der Waals surface area (Å²) >= 11 is 1.59. The van der Waals surface area contributed by atoms with Gasteiger partial charge in [0.2, 0.25) is 5.91 Å². The molecule has 0 spiro atoms. The summed E-state index contributed by atoms with van der Waals surface area (Å²) in [6.45, 7) is 4.42. The fraction of sp³-hybridized carbons (Fsp3) is 0.321. The molecule has 0 radical (unpaired) electrons. The lowest BCUT2D eigenvalue weighted by Gasteiger charge is -2.30. The van der Waals surface area contributed by atoms with Crippen molar-refractivity contribution in [2.75, 3.05) is 13.7 Å². The molecule has 0 bridgehead atoms. The molecule has 0 aliphatic carbocycles. The van der Waals surface area contributed by atoms with Crippen LogP contribution in [0, 0.1) is 29.6 Å². The lowest BCUT2D eigenvalue weighted by molar-refractivity contribution is -0.135. The number of carbonyl (C=O) groups is 2. The number of benzene rings is 1. The van der Waals surface area contributed by atoms with Gasteiger partial charge in [0, 0.05) is 12.1 Å². The van der Waals surface area contributed by atoms with Gasteiger partial charge in [-0.15, -0.1) is 11.3 Å². The van der Waals surface area contributed by atoms with E-state index in [1.165, 1.54) is 7.11 Å². The first kappa shape index (κ1) is 25.1. The first-order chi connectivity index (χ1) is 17.5. The number of amides is 2. The minimum Gasteiger partial charge on any atom is -0.453 e. The highest BCUT2D eigenvalue weighted by atomic mass is 32.1. The van der Waals surface area contributed by atoms with Crippen LogP contribution < -0.4 is 5.32 Å². The third-order valence-electron chi connectivity index (χ3n) is 6.01. The number of hydrogen-bond acceptors (Lipinski definition) is 5. The molecule has 3 aromatic rings. The standard InChI is InChI=1S/C28H28N4O3S/c1-19(2)25(31-28(34)35-3)27(33)32-16-6-11-24(32)26-29-18-23(30-26)21-14-12-20(13-15-21)8-4-5-9-22-10-7-17-36-22/h7,10,12-15,17-19,24-25H,6,11,16H2,1-3H3,(H,29,30)(H,31,34). The summed E-state index contributed by atoms with van der Waals surface area (Å²) in [5, 5.41) is 4.66. The maximum atomic E-state index is 13.3. The van der Waals surface area contributed by atoms with Gasteiger partial charge in [-0.25, -0.2) is 9.78 Å². The summed E-state index contributed by atoms with van der Waals surface area (Å²) in [7, 11) is 1.29. The molecule has 2 N–H and O–H groups in total. The van der Waals surface area contributed by atoms with Crippen molar-refractivity contribution in [1.29, 1.82) is 0 Å². The summed E-state index contributed by atoms with van der Waals surface area (Å²) in [5.74, 6) is 12.4. The van der Waals surface area contributed by atoms with Crippen molar-refractivity contribution in [2.24, 2.45) is 5.92 Å². The van der Waals surface area contributed by atoms with Gasteiger partial charge in [0.1, 0.15) is 11.9 Å². The quantitative estimate of drug-likeness (QED) is 0.502. The number of H-pyrrole nitrogens is 1. The zero-order chi connectivity index (χ0) is 25.5. The number of methoxy groups -OCH3 is 1. The van der Waals surface area contributed by atoms with Crippen LogP contribution in [0.4, 0.5) is 4.79 Å². The fourth-order valence-electron chi connectivity index (χ4n) is 4.12. The third kappa shape index (κ3) is 5.97. The number of likely N-dealkylation sites (tertiary alicyclic amines) is 1. The van der Waals surface area contributed by atoms with Crippen LogP contribution in [-0.2, 0) is 9.53 Å². The molecule has 2 amide bonds. The Labute approximate surface area is 215 Å². The van der Waals surface area contributed by atoms with Crippen molar-refractivity contribution >= 4 is 23.3 Å². The minimum atomic E-state index is -0.656. The van der Waals surface area contributed by atoms with Gasteiger partial charge in [0.15, 0.2) is 0 Å². The Bertz CT molecular complexity index is 1320. The number of nitrogens with zero attached hydrogens (tertiary/aromatic N) is 2. The number of aromatic nitrogens is 2. The van der Waals surface area contributed by atoms with E-state index in [1.807, 2.05) is 55.6 Å². The van der Waals surface area contributed by atoms with E-state index in [9.17, 15) is 9.59 Å². The SMILES string of the molecule is COC(=O)NC(C(=O)N1CCCC1c1ncc(-c2ccc(C#CC#Cc3cccs3)cc2)[nH]1)C(C)C. The van der Waals surface area contributed by atoms with Gasteiger partial charge in [-0.05, 0) is 65.7 Å². The second-order valence-electron chi connectivity index (χ2n) is 8.78. The monoisotopic (exact) mass is 500 g/mol. The molecule has 2 atom stereocenters. The van der Waals surface area contributed by atoms with Crippen LogP contribution >= 0.6 is 11.3 Å². The maximum absolute atomic E-state index is 13.3. The molecule has 7 nitrogen and oxygen atoms in total. The maximum Gasteiger partial charge on any atom is 0.407 e. The number of aromatic amines is 1. The third-order valence-corrected chi connectivity index (χ3v) is 6.80. The fourth-order valence-corrected chi connectivity index (χ4v) is 4.70. The summed E-state index contributed by atoms with van der Waals surface area (Å²) in [5.41, 5.74) is 2.73. The Balaban J connectivity index is 1.45. The van der Waals surface area contributed by atoms with Crippen molar-refractivity contribution in [2.45, 2.75) is 38.8 Å². The molecule has 1 aliphatic heterocycles. The summed E-state index contributed by atoms with van der Waals surface area (Å²) in [6, 6.07) is 11.0. The van der Waals surface area contributed by atoms with Crippen LogP contribution in [0.15, 0.2) is 48.0 Å². The number of nitrogens with one attached hydrogen (secondary N) is 2. The highest BCUT2D eigenvalue weighted by molar-refractivity contribution is 7.10. The Morgan fingerprint density at radius 1 is 1.19 bits per heavy atom. The summed E-state index contributed by atoms with van der Waals surface area (Å²) < 4.78 is 4.70. The highest BCUT2D eigenvalue weighted by Crippen LogP contribution is 2.32. The van der Waals surface area contributed by atoms with E-state index in [1.54, 1.807) is 22.4 Å². The number of thiophene rings is 1. The number of alkyl carbamates (subject to hydrolysis) is 1. The summed E-state index contributed by atoms with van der Waals surface area (Å²) in [4.78, 5) is 35.9. The van der Waals surface area contributed by atoms with E-state index in [4.69, 9.17) is 4.74 Å². The van der Waals surface area contributed by atoms with Crippen molar-refractivity contribution in [3.8, 4) is 34.9 Å². The number of rotatable bonds is 5. The number of hydrogen-bond donors (Lipinski definition) is 2. The van der Waals surface area contributed by atoms with Gasteiger partial charge in [0.25, 0.3) is 0 Å². The molecule has 1 fully saturated rings. The van der Waals surface area contributed by atoms with E-state index >= 15 is 0 Å². The predicted molar refractivity (Wildman–Crippen MR) is 140 cm³/mol. The average molecular weight is 501 g/mol. The number of ether oxygens (including phenoxy) is 1. The smallest absolute Gasteiger partial charge is 0.407 e. The Morgan fingerprint density at radius 3 is 2.67 bits per heavy atom. The topological polar surface area (TPSA) is 87.3 Å². The molecule has 184 valence electrons. The molecule has 3 heterocycles. The molecule has 36 heavy (non-hydrogen) atoms. The van der Waals surface area contributed by atoms with E-state index < -0.39 is 12.1 Å². The lowest BCUT2D eigenvalue weighted by Crippen LogP contribution is -2.51. The number of imidazole rings is 1. The first-order valence-corrected chi connectivity index (χ1v) is 12.7. The van der Waals surface area contributed by atoms with E-state index in [-0.39, 0.29) is 17.9 Å². The lowest BCUT2D eigenvalue weighted by atomic mass is 10.0. The van der Waals surface area contributed by atoms with Crippen LogP contribution in [0.2, 0.25) is 0 Å². The molecular formula is C28H28N4O3S. The van der Waals surface area contributed by atoms with E-state index in [0.717, 1.165) is 40.4 Å². The molecule has 0 saturated carbocycles. The molecule has 1 saturated heterocycles. The highest BCUT2D eigenvalue weighted by Gasteiger charge is 2.37. The number of carbonyl (C=O) groups excluding carboxylic acids is 2. The van der Waals surface area contributed by atoms with Gasteiger partial charge in [-0.3, -0.25) is 4.79 Å². The zero-order valence-corrected chi connectivity index (χ0v) is 21.3. The van der Waals surface area contributed by atoms with Gasteiger partial charge in [-0.2, -0.15) is 0 Å². The summed E-state index contributed by atoms with van der Waals surface area (Å²) in [6.07, 6.45) is 2.86.